The molecule has 48 heavy (non-hydrogen) atoms. The maximum atomic E-state index is 3.69. The minimum Gasteiger partial charge on any atom is -0.355 e. The first-order valence-electron chi connectivity index (χ1n) is 16.1. The first-order chi connectivity index (χ1) is 23.8. The Labute approximate surface area is 287 Å². The lowest BCUT2D eigenvalue weighted by Gasteiger charge is -2.25. The summed E-state index contributed by atoms with van der Waals surface area (Å²) in [5.41, 5.74) is 9.23. The number of nitrogens with one attached hydrogen (secondary N) is 1. The van der Waals surface area contributed by atoms with Crippen molar-refractivity contribution in [3.8, 4) is 21.6 Å². The lowest BCUT2D eigenvalue weighted by atomic mass is 9.98. The van der Waals surface area contributed by atoms with Gasteiger partial charge in [0.15, 0.2) is 0 Å². The van der Waals surface area contributed by atoms with Crippen LogP contribution in [0.25, 0.3) is 51.8 Å². The molecule has 0 fully saturated rings. The molecule has 9 aromatic rings. The molecule has 1 N–H and O–H groups in total. The molecule has 0 atom stereocenters. The van der Waals surface area contributed by atoms with E-state index in [0.29, 0.717) is 0 Å². The summed E-state index contributed by atoms with van der Waals surface area (Å²) in [6, 6.07) is 63.2. The Morgan fingerprint density at radius 3 is 1.75 bits per heavy atom. The molecule has 0 bridgehead atoms. The van der Waals surface area contributed by atoms with E-state index < -0.39 is 0 Å². The van der Waals surface area contributed by atoms with E-state index in [1.54, 1.807) is 0 Å². The van der Waals surface area contributed by atoms with Gasteiger partial charge in [-0.3, -0.25) is 0 Å². The van der Waals surface area contributed by atoms with Crippen LogP contribution in [0.3, 0.4) is 0 Å². The largest absolute Gasteiger partial charge is 0.355 e. The number of hydrogen-bond donors (Lipinski definition) is 1. The van der Waals surface area contributed by atoms with Crippen LogP contribution in [-0.2, 0) is 0 Å². The van der Waals surface area contributed by atoms with Gasteiger partial charge in [0.1, 0.15) is 0 Å². The van der Waals surface area contributed by atoms with E-state index in [0.717, 1.165) is 28.4 Å². The zero-order valence-corrected chi connectivity index (χ0v) is 27.6. The topological polar surface area (TPSA) is 15.3 Å². The third-order valence-corrected chi connectivity index (χ3v) is 11.1. The van der Waals surface area contributed by atoms with E-state index in [4.69, 9.17) is 0 Å². The summed E-state index contributed by atoms with van der Waals surface area (Å²) in [6.45, 7) is 0. The van der Waals surface area contributed by atoms with Crippen LogP contribution >= 0.6 is 22.7 Å². The number of para-hydroxylation sites is 3. The molecule has 0 saturated heterocycles. The number of benzene rings is 7. The Hall–Kier alpha value is -5.68. The van der Waals surface area contributed by atoms with Crippen molar-refractivity contribution < 1.29 is 0 Å². The van der Waals surface area contributed by atoms with Crippen molar-refractivity contribution in [3.05, 3.63) is 176 Å². The predicted molar refractivity (Wildman–Crippen MR) is 210 cm³/mol. The van der Waals surface area contributed by atoms with Gasteiger partial charge in [0, 0.05) is 63.7 Å². The van der Waals surface area contributed by atoms with Gasteiger partial charge in [0.05, 0.1) is 0 Å². The number of nitrogens with zero attached hydrogens (tertiary/aromatic N) is 1. The van der Waals surface area contributed by atoms with E-state index >= 15 is 0 Å². The Balaban J connectivity index is 1.17. The lowest BCUT2D eigenvalue weighted by Crippen LogP contribution is -2.09. The Bertz CT molecular complexity index is 2460. The van der Waals surface area contributed by atoms with Gasteiger partial charge in [-0.25, -0.2) is 0 Å². The van der Waals surface area contributed by atoms with Crippen LogP contribution in [0.2, 0.25) is 0 Å². The Morgan fingerprint density at radius 2 is 1.02 bits per heavy atom. The van der Waals surface area contributed by atoms with E-state index in [9.17, 15) is 0 Å². The van der Waals surface area contributed by atoms with Gasteiger partial charge in [-0.05, 0) is 108 Å². The number of hydrogen-bond acceptors (Lipinski definition) is 4. The summed E-state index contributed by atoms with van der Waals surface area (Å²) >= 11 is 3.70. The first-order valence-corrected chi connectivity index (χ1v) is 17.7. The number of thiophene rings is 2. The van der Waals surface area contributed by atoms with Gasteiger partial charge in [-0.2, -0.15) is 0 Å². The second-order valence-electron chi connectivity index (χ2n) is 11.9. The monoisotopic (exact) mass is 650 g/mol. The summed E-state index contributed by atoms with van der Waals surface area (Å²) < 4.78 is 3.88. The van der Waals surface area contributed by atoms with Crippen LogP contribution in [0.5, 0.6) is 0 Å². The van der Waals surface area contributed by atoms with Gasteiger partial charge in [0.25, 0.3) is 0 Å². The molecule has 0 aliphatic heterocycles. The third-order valence-electron chi connectivity index (χ3n) is 8.84. The molecule has 2 nitrogen and oxygen atoms in total. The lowest BCUT2D eigenvalue weighted by molar-refractivity contribution is 1.29. The molecule has 228 valence electrons. The maximum absolute atomic E-state index is 3.69. The van der Waals surface area contributed by atoms with Gasteiger partial charge < -0.3 is 10.2 Å². The zero-order valence-electron chi connectivity index (χ0n) is 26.0. The van der Waals surface area contributed by atoms with Crippen LogP contribution in [0.15, 0.2) is 176 Å². The molecular formula is C44H30N2S2. The van der Waals surface area contributed by atoms with Crippen molar-refractivity contribution in [1.29, 1.82) is 0 Å². The minimum absolute atomic E-state index is 1.08. The van der Waals surface area contributed by atoms with Crippen LogP contribution in [0.1, 0.15) is 0 Å². The van der Waals surface area contributed by atoms with Gasteiger partial charge in [0.2, 0.25) is 0 Å². The van der Waals surface area contributed by atoms with E-state index in [2.05, 4.69) is 186 Å². The highest BCUT2D eigenvalue weighted by Crippen LogP contribution is 2.44. The molecule has 0 saturated carbocycles. The Morgan fingerprint density at radius 1 is 0.417 bits per heavy atom. The van der Waals surface area contributed by atoms with Crippen molar-refractivity contribution in [3.63, 3.8) is 0 Å². The molecule has 7 aromatic carbocycles. The molecule has 4 heteroatoms. The van der Waals surface area contributed by atoms with Crippen LogP contribution in [0.4, 0.5) is 28.4 Å². The van der Waals surface area contributed by atoms with Crippen molar-refractivity contribution >= 4 is 81.4 Å². The van der Waals surface area contributed by atoms with Crippen molar-refractivity contribution in [2.24, 2.45) is 0 Å². The molecule has 2 heterocycles. The Kier molecular flexibility index (Phi) is 7.23. The summed E-state index contributed by atoms with van der Waals surface area (Å²) in [5, 5.41) is 7.52. The molecule has 9 rings (SSSR count). The van der Waals surface area contributed by atoms with E-state index in [1.807, 2.05) is 22.7 Å². The molecular weight excluding hydrogens is 621 g/mol. The van der Waals surface area contributed by atoms with E-state index in [1.165, 1.54) is 51.8 Å². The normalized spacial score (nSPS) is 11.3. The maximum Gasteiger partial charge on any atom is 0.0472 e. The average Bonchev–Trinajstić information content (AvgIpc) is 3.75. The standard InChI is InChI=1S/C44H30N2S2/c1-4-13-33(14-5-1)45-40-23-20-30(27-39(40)44-28-32-12-10-11-19-41(32)47-44)31-21-24-42-37(26-31)38-29-36(22-25-43(38)48-42)46(34-15-6-2-7-16-34)35-17-8-3-9-18-35/h1-29,45H. The third kappa shape index (κ3) is 5.31. The summed E-state index contributed by atoms with van der Waals surface area (Å²) in [4.78, 5) is 3.59. The fraction of sp³-hybridized carbons (Fsp3) is 0. The van der Waals surface area contributed by atoms with Crippen LogP contribution in [-0.4, -0.2) is 0 Å². The fourth-order valence-electron chi connectivity index (χ4n) is 6.51. The highest BCUT2D eigenvalue weighted by molar-refractivity contribution is 7.25. The number of fused-ring (bicyclic) bond motifs is 4. The molecule has 0 radical (unpaired) electrons. The van der Waals surface area contributed by atoms with Crippen molar-refractivity contribution in [2.45, 2.75) is 0 Å². The summed E-state index contributed by atoms with van der Waals surface area (Å²) in [5.74, 6) is 0. The molecule has 0 unspecified atom stereocenters. The summed E-state index contributed by atoms with van der Waals surface area (Å²) in [6.07, 6.45) is 0. The SMILES string of the molecule is c1ccc(Nc2ccc(-c3ccc4sc5ccc(N(c6ccccc6)c6ccccc6)cc5c4c3)cc2-c2cc3ccccc3s2)cc1. The number of rotatable bonds is 7. The van der Waals surface area contributed by atoms with Crippen LogP contribution in [0, 0.1) is 0 Å². The molecule has 0 spiro atoms. The first kappa shape index (κ1) is 28.5. The highest BCUT2D eigenvalue weighted by Gasteiger charge is 2.16. The summed E-state index contributed by atoms with van der Waals surface area (Å²) in [7, 11) is 0. The molecule has 0 aliphatic carbocycles. The average molecular weight is 651 g/mol. The van der Waals surface area contributed by atoms with Gasteiger partial charge >= 0.3 is 0 Å². The number of anilines is 5. The van der Waals surface area contributed by atoms with Gasteiger partial charge in [-0.1, -0.05) is 84.9 Å². The fourth-order valence-corrected chi connectivity index (χ4v) is 8.67. The second kappa shape index (κ2) is 12.2. The molecule has 2 aromatic heterocycles. The van der Waals surface area contributed by atoms with E-state index in [-0.39, 0.29) is 0 Å². The minimum atomic E-state index is 1.08. The zero-order chi connectivity index (χ0) is 31.9. The quantitative estimate of drug-likeness (QED) is 0.185. The van der Waals surface area contributed by atoms with Crippen LogP contribution < -0.4 is 10.2 Å². The van der Waals surface area contributed by atoms with Crippen molar-refractivity contribution in [1.82, 2.24) is 0 Å². The second-order valence-corrected chi connectivity index (χ2v) is 14.1. The molecule has 0 aliphatic rings. The van der Waals surface area contributed by atoms with Crippen molar-refractivity contribution in [2.75, 3.05) is 10.2 Å². The predicted octanol–water partition coefficient (Wildman–Crippen LogP) is 13.8. The van der Waals surface area contributed by atoms with Gasteiger partial charge in [-0.15, -0.1) is 22.7 Å². The molecule has 0 amide bonds. The highest BCUT2D eigenvalue weighted by atomic mass is 32.1. The smallest absolute Gasteiger partial charge is 0.0472 e.